The molecule has 0 bridgehead atoms. The van der Waals surface area contributed by atoms with Crippen LogP contribution in [0, 0.1) is 10.8 Å². The van der Waals surface area contributed by atoms with E-state index in [2.05, 4.69) is 40.3 Å². The number of aromatic nitrogens is 6. The van der Waals surface area contributed by atoms with Crippen molar-refractivity contribution in [3.05, 3.63) is 167 Å². The fourth-order valence-corrected chi connectivity index (χ4v) is 10.7. The summed E-state index contributed by atoms with van der Waals surface area (Å²) in [5.41, 5.74) is 2.78. The average Bonchev–Trinajstić information content (AvgIpc) is 1.50. The molecule has 2 atom stereocenters. The van der Waals surface area contributed by atoms with Crippen molar-refractivity contribution in [2.24, 2.45) is 10.8 Å². The van der Waals surface area contributed by atoms with E-state index in [4.69, 9.17) is 46.9 Å². The molecular weight excluding hydrogens is 1350 g/mol. The first kappa shape index (κ1) is 78.0. The number of carboxylic acid groups (broad SMARTS) is 1. The normalized spacial score (nSPS) is 13.1. The summed E-state index contributed by atoms with van der Waals surface area (Å²) >= 11 is 12.7. The van der Waals surface area contributed by atoms with Crippen molar-refractivity contribution < 1.29 is 119 Å². The van der Waals surface area contributed by atoms with Crippen molar-refractivity contribution in [3.63, 3.8) is 0 Å². The van der Waals surface area contributed by atoms with E-state index in [0.717, 1.165) is 0 Å². The van der Waals surface area contributed by atoms with E-state index in [1.54, 1.807) is 94.4 Å². The van der Waals surface area contributed by atoms with E-state index in [9.17, 15) is 50.6 Å². The molecule has 0 radical (unpaired) electrons. The Balaban J connectivity index is 0.000000300. The molecule has 98 heavy (non-hydrogen) atoms. The summed E-state index contributed by atoms with van der Waals surface area (Å²) in [6.07, 6.45) is -2.82. The summed E-state index contributed by atoms with van der Waals surface area (Å²) in [5, 5.41) is 25.1. The molecule has 2 unspecified atom stereocenters. The van der Waals surface area contributed by atoms with Crippen molar-refractivity contribution in [2.45, 2.75) is 85.6 Å². The van der Waals surface area contributed by atoms with Gasteiger partial charge < -0.3 is 64.2 Å². The summed E-state index contributed by atoms with van der Waals surface area (Å²) < 4.78 is 118. The number of esters is 1. The van der Waals surface area contributed by atoms with Crippen LogP contribution in [0.1, 0.15) is 82.3 Å². The maximum Gasteiger partial charge on any atom is 1.00 e. The van der Waals surface area contributed by atoms with E-state index < -0.39 is 70.9 Å². The van der Waals surface area contributed by atoms with Crippen LogP contribution >= 0.6 is 23.2 Å². The van der Waals surface area contributed by atoms with Gasteiger partial charge >= 0.3 is 54.2 Å². The van der Waals surface area contributed by atoms with Crippen LogP contribution in [0.3, 0.4) is 0 Å². The number of carbonyl (C=O) groups excluding carboxylic acids is 3. The average molecular weight is 1420 g/mol. The van der Waals surface area contributed by atoms with Gasteiger partial charge in [0, 0.05) is 82.0 Å². The number of hydrogen-bond acceptors (Lipinski definition) is 18. The molecule has 6 aromatic carbocycles. The van der Waals surface area contributed by atoms with Gasteiger partial charge in [0.2, 0.25) is 0 Å². The number of halogens is 8. The zero-order valence-electron chi connectivity index (χ0n) is 53.5. The van der Waals surface area contributed by atoms with Crippen LogP contribution < -0.4 is 78.4 Å². The molecule has 2 amide bonds. The van der Waals surface area contributed by atoms with Crippen LogP contribution in [0.2, 0.25) is 10.0 Å². The molecule has 4 heterocycles. The smallest absolute Gasteiger partial charge is 0.870 e. The molecule has 0 aliphatic carbocycles. The quantitative estimate of drug-likeness (QED) is 0.0288. The molecule has 2 aromatic heterocycles. The predicted octanol–water partition coefficient (Wildman–Crippen LogP) is 10.5. The first-order valence-corrected chi connectivity index (χ1v) is 29.9. The molecule has 4 N–H and O–H groups in total. The third-order valence-electron chi connectivity index (χ3n) is 15.5. The van der Waals surface area contributed by atoms with Gasteiger partial charge in [0.05, 0.1) is 68.1 Å². The first-order valence-electron chi connectivity index (χ1n) is 29.2. The van der Waals surface area contributed by atoms with Gasteiger partial charge in [-0.2, -0.15) is 10.2 Å². The van der Waals surface area contributed by atoms with Crippen molar-refractivity contribution in [1.82, 2.24) is 29.5 Å². The second kappa shape index (κ2) is 33.0. The minimum absolute atomic E-state index is 0. The Morgan fingerprint density at radius 1 is 0.571 bits per heavy atom. The largest absolute Gasteiger partial charge is 1.00 e. The van der Waals surface area contributed by atoms with Crippen molar-refractivity contribution in [1.29, 1.82) is 0 Å². The summed E-state index contributed by atoms with van der Waals surface area (Å²) in [6.45, 7) is 7.08. The second-order valence-electron chi connectivity index (χ2n) is 23.0. The van der Waals surface area contributed by atoms with E-state index >= 15 is 0 Å². The summed E-state index contributed by atoms with van der Waals surface area (Å²) in [7, 11) is 4.29. The van der Waals surface area contributed by atoms with Gasteiger partial charge in [-0.15, -0.1) is 26.3 Å². The van der Waals surface area contributed by atoms with Crippen LogP contribution in [0.4, 0.5) is 49.1 Å². The number of nitrogens with zero attached hydrogens (tertiary/aromatic N) is 8. The number of hydrogen-bond donors (Lipinski definition) is 3. The number of aliphatic carboxylic acids is 1. The monoisotopic (exact) mass is 1420 g/mol. The molecule has 10 rings (SSSR count). The number of amides is 2. The number of methoxy groups -OCH3 is 3. The molecule has 0 saturated heterocycles. The Bertz CT molecular complexity index is 4080. The Labute approximate surface area is 591 Å². The van der Waals surface area contributed by atoms with Crippen LogP contribution in [-0.2, 0) is 36.8 Å². The number of nitrogens with one attached hydrogen (secondary N) is 2. The SMILES string of the molecule is C.COC(=O)C(C)(C)CCOc1cc(Cl)ccc1C(Nc1cc(OC)cc(-n2cncn2)c1)C(=O)N1CCc2ccc(OC(F)(F)F)cc21.COc1cc(NC(C(=O)N2CCc3ccc(OC(F)(F)F)cc32)c2ccc(Cl)cc2OCCC(C)(C)C(=O)O)cc(-n2cncn2)c1.[Na+].[OH-]. The van der Waals surface area contributed by atoms with Gasteiger partial charge in [-0.1, -0.05) is 54.9 Å². The molecular formula is C66H69Cl2F6N10NaO13. The number of carbonyl (C=O) groups is 4. The maximum atomic E-state index is 14.6. The van der Waals surface area contributed by atoms with Crippen LogP contribution in [0.15, 0.2) is 135 Å². The minimum atomic E-state index is -4.91. The fraction of sp³-hybridized carbons (Fsp3) is 0.333. The number of rotatable bonds is 24. The number of benzene rings is 6. The summed E-state index contributed by atoms with van der Waals surface area (Å²) in [4.78, 5) is 63.8. The molecule has 2 aliphatic rings. The van der Waals surface area contributed by atoms with Crippen LogP contribution in [0.25, 0.3) is 11.4 Å². The molecule has 2 aliphatic heterocycles. The minimum Gasteiger partial charge on any atom is -0.870 e. The Morgan fingerprint density at radius 3 is 1.34 bits per heavy atom. The molecule has 0 spiro atoms. The third-order valence-corrected chi connectivity index (χ3v) is 16.0. The molecule has 32 heteroatoms. The fourth-order valence-electron chi connectivity index (χ4n) is 10.3. The molecule has 23 nitrogen and oxygen atoms in total. The first-order chi connectivity index (χ1) is 45.0. The number of anilines is 4. The van der Waals surface area contributed by atoms with E-state index in [1.165, 1.54) is 108 Å². The summed E-state index contributed by atoms with van der Waals surface area (Å²) in [6, 6.07) is 25.3. The van der Waals surface area contributed by atoms with Crippen LogP contribution in [0.5, 0.6) is 34.5 Å². The predicted molar refractivity (Wildman–Crippen MR) is 346 cm³/mol. The van der Waals surface area contributed by atoms with Crippen molar-refractivity contribution >= 4 is 69.7 Å². The number of alkyl halides is 6. The maximum absolute atomic E-state index is 14.6. The van der Waals surface area contributed by atoms with E-state index in [1.807, 2.05) is 0 Å². The number of ether oxygens (including phenoxy) is 7. The Hall–Kier alpha value is -9.00. The standard InChI is InChI=1S/C33H33ClF3N5O6.C32H31ClF3N5O6.CH4.Na.H2O/c1-32(2,31(44)46-4)10-12-47-28-13-21(34)6-8-26(28)29(40-22-14-23(16-25(15-22)45-3)42-19-38-18-39-42)30(43)41-11-9-20-5-7-24(17-27(20)41)48-33(35,36)37;1-31(2,30(43)44)9-11-46-27-12-20(33)5-7-25(27)28(39-21-13-22(15-24(14-21)45-3)41-18-37-17-38-41)29(42)40-10-8-19-4-6-23(16-26(19)40)47-32(34,35)36;;;/h5-8,13-19,29,40H,9-12H2,1-4H3;4-7,12-18,28,39H,8-11H2,1-3H3,(H,43,44);1H4;;1H2/q;;;+1;/p-1. The zero-order valence-corrected chi connectivity index (χ0v) is 57.0. The Morgan fingerprint density at radius 2 is 0.980 bits per heavy atom. The molecule has 0 fully saturated rings. The Kier molecular flexibility index (Phi) is 26.3. The summed E-state index contributed by atoms with van der Waals surface area (Å²) in [5.74, 6) is -1.91. The van der Waals surface area contributed by atoms with E-state index in [0.29, 0.717) is 85.1 Å². The molecule has 0 saturated carbocycles. The van der Waals surface area contributed by atoms with Crippen LogP contribution in [-0.4, -0.2) is 124 Å². The topological polar surface area (TPSA) is 275 Å². The van der Waals surface area contributed by atoms with E-state index in [-0.39, 0.29) is 98.8 Å². The number of fused-ring (bicyclic) bond motifs is 2. The molecule has 8 aromatic rings. The van der Waals surface area contributed by atoms with Gasteiger partial charge in [-0.25, -0.2) is 19.3 Å². The third kappa shape index (κ3) is 19.6. The second-order valence-corrected chi connectivity index (χ2v) is 23.8. The zero-order chi connectivity index (χ0) is 68.6. The van der Waals surface area contributed by atoms with Gasteiger partial charge in [0.1, 0.15) is 71.9 Å². The van der Waals surface area contributed by atoms with Gasteiger partial charge in [-0.05, 0) is 113 Å². The molecule has 518 valence electrons. The van der Waals surface area contributed by atoms with Gasteiger partial charge in [0.25, 0.3) is 11.8 Å². The van der Waals surface area contributed by atoms with Gasteiger partial charge in [-0.3, -0.25) is 19.2 Å². The van der Waals surface area contributed by atoms with Crippen molar-refractivity contribution in [3.8, 4) is 45.9 Å². The van der Waals surface area contributed by atoms with Gasteiger partial charge in [0.15, 0.2) is 0 Å². The van der Waals surface area contributed by atoms with Crippen molar-refractivity contribution in [2.75, 3.05) is 68.1 Å². The number of carboxylic acids is 1.